The third-order valence-corrected chi connectivity index (χ3v) is 2.70. The summed E-state index contributed by atoms with van der Waals surface area (Å²) in [5.74, 6) is 0.614. The van der Waals surface area contributed by atoms with Crippen molar-refractivity contribution in [3.05, 3.63) is 46.6 Å². The van der Waals surface area contributed by atoms with E-state index in [1.807, 2.05) is 20.8 Å². The molecule has 1 aromatic heterocycles. The third-order valence-electron chi connectivity index (χ3n) is 2.51. The number of rotatable bonds is 3. The number of benzene rings is 1. The summed E-state index contributed by atoms with van der Waals surface area (Å²) in [6.07, 6.45) is 0. The van der Waals surface area contributed by atoms with Gasteiger partial charge in [0.25, 0.3) is 0 Å². The van der Waals surface area contributed by atoms with Crippen molar-refractivity contribution in [2.24, 2.45) is 0 Å². The van der Waals surface area contributed by atoms with Gasteiger partial charge in [0.15, 0.2) is 11.6 Å². The molecule has 1 heterocycles. The van der Waals surface area contributed by atoms with Crippen LogP contribution in [0.15, 0.2) is 24.3 Å². The summed E-state index contributed by atoms with van der Waals surface area (Å²) in [6.45, 7) is 5.75. The summed E-state index contributed by atoms with van der Waals surface area (Å²) >= 11 is 5.91. The van der Waals surface area contributed by atoms with Crippen LogP contribution in [0.2, 0.25) is 5.15 Å². The molecule has 0 atom stereocenters. The first-order chi connectivity index (χ1) is 8.95. The highest BCUT2D eigenvalue weighted by molar-refractivity contribution is 6.29. The molecule has 0 fully saturated rings. The molecule has 3 nitrogen and oxygen atoms in total. The van der Waals surface area contributed by atoms with E-state index in [1.54, 1.807) is 12.1 Å². The van der Waals surface area contributed by atoms with Crippen LogP contribution in [0, 0.1) is 12.7 Å². The van der Waals surface area contributed by atoms with Crippen LogP contribution in [0.1, 0.15) is 31.2 Å². The molecule has 5 heteroatoms. The second kappa shape index (κ2) is 5.53. The normalized spacial score (nSPS) is 10.8. The van der Waals surface area contributed by atoms with E-state index in [2.05, 4.69) is 9.97 Å². The zero-order valence-electron chi connectivity index (χ0n) is 10.9. The number of hydrogen-bond donors (Lipinski definition) is 0. The molecule has 0 saturated heterocycles. The highest BCUT2D eigenvalue weighted by atomic mass is 35.5. The minimum absolute atomic E-state index is 0.114. The fourth-order valence-electron chi connectivity index (χ4n) is 1.53. The van der Waals surface area contributed by atoms with Gasteiger partial charge in [0.05, 0.1) is 0 Å². The van der Waals surface area contributed by atoms with E-state index in [-0.39, 0.29) is 22.7 Å². The number of nitrogens with zero attached hydrogens (tertiary/aromatic N) is 2. The molecule has 100 valence electrons. The van der Waals surface area contributed by atoms with Gasteiger partial charge in [-0.3, -0.25) is 0 Å². The summed E-state index contributed by atoms with van der Waals surface area (Å²) in [5, 5.41) is 0.279. The minimum Gasteiger partial charge on any atom is -0.436 e. The van der Waals surface area contributed by atoms with Gasteiger partial charge in [-0.15, -0.1) is 0 Å². The Bertz CT molecular complexity index is 602. The zero-order valence-corrected chi connectivity index (χ0v) is 11.7. The Morgan fingerprint density at radius 1 is 1.21 bits per heavy atom. The number of halogens is 2. The Morgan fingerprint density at radius 2 is 1.95 bits per heavy atom. The fourth-order valence-corrected chi connectivity index (χ4v) is 1.71. The second-order valence-corrected chi connectivity index (χ2v) is 4.96. The molecule has 0 spiro atoms. The molecular formula is C14H14ClFN2O. The predicted molar refractivity (Wildman–Crippen MR) is 72.3 cm³/mol. The van der Waals surface area contributed by atoms with Crippen LogP contribution in [0.5, 0.6) is 11.6 Å². The van der Waals surface area contributed by atoms with Crippen molar-refractivity contribution < 1.29 is 9.13 Å². The van der Waals surface area contributed by atoms with Gasteiger partial charge in [-0.25, -0.2) is 9.37 Å². The molecule has 1 aromatic carbocycles. The summed E-state index contributed by atoms with van der Waals surface area (Å²) < 4.78 is 19.1. The fraction of sp³-hybridized carbons (Fsp3) is 0.286. The summed E-state index contributed by atoms with van der Waals surface area (Å²) in [4.78, 5) is 8.31. The van der Waals surface area contributed by atoms with Crippen molar-refractivity contribution in [3.8, 4) is 11.6 Å². The molecule has 0 aliphatic heterocycles. The molecule has 0 aliphatic rings. The van der Waals surface area contributed by atoms with Gasteiger partial charge in [0.2, 0.25) is 5.88 Å². The van der Waals surface area contributed by atoms with Crippen molar-refractivity contribution in [2.45, 2.75) is 26.7 Å². The number of hydrogen-bond acceptors (Lipinski definition) is 3. The SMILES string of the molecule is Cc1ccc(F)c(Oc2cc(Cl)nc(C(C)C)n2)c1. The first-order valence-corrected chi connectivity index (χ1v) is 6.32. The topological polar surface area (TPSA) is 35.0 Å². The Balaban J connectivity index is 2.35. The standard InChI is InChI=1S/C14H14ClFN2O/c1-8(2)14-17-12(15)7-13(18-14)19-11-6-9(3)4-5-10(11)16/h4-8H,1-3H3. The Morgan fingerprint density at radius 3 is 2.63 bits per heavy atom. The number of aryl methyl sites for hydroxylation is 1. The first kappa shape index (κ1) is 13.7. The van der Waals surface area contributed by atoms with Crippen LogP contribution >= 0.6 is 11.6 Å². The molecule has 0 unspecified atom stereocenters. The highest BCUT2D eigenvalue weighted by Gasteiger charge is 2.11. The largest absolute Gasteiger partial charge is 0.436 e. The molecular weight excluding hydrogens is 267 g/mol. The van der Waals surface area contributed by atoms with Crippen molar-refractivity contribution in [2.75, 3.05) is 0 Å². The third kappa shape index (κ3) is 3.41. The van der Waals surface area contributed by atoms with Crippen molar-refractivity contribution >= 4 is 11.6 Å². The van der Waals surface area contributed by atoms with Crippen LogP contribution in [-0.2, 0) is 0 Å². The van der Waals surface area contributed by atoms with Gasteiger partial charge in [-0.05, 0) is 24.6 Å². The van der Waals surface area contributed by atoms with Crippen LogP contribution in [0.4, 0.5) is 4.39 Å². The molecule has 0 N–H and O–H groups in total. The van der Waals surface area contributed by atoms with Crippen molar-refractivity contribution in [1.29, 1.82) is 0 Å². The van der Waals surface area contributed by atoms with Gasteiger partial charge in [0, 0.05) is 12.0 Å². The average Bonchev–Trinajstić information content (AvgIpc) is 2.33. The molecule has 0 radical (unpaired) electrons. The number of ether oxygens (including phenoxy) is 1. The molecule has 19 heavy (non-hydrogen) atoms. The molecule has 2 rings (SSSR count). The van der Waals surface area contributed by atoms with E-state index in [4.69, 9.17) is 16.3 Å². The van der Waals surface area contributed by atoms with Crippen LogP contribution in [0.3, 0.4) is 0 Å². The van der Waals surface area contributed by atoms with Crippen LogP contribution in [0.25, 0.3) is 0 Å². The van der Waals surface area contributed by atoms with E-state index in [0.717, 1.165) is 5.56 Å². The molecule has 0 saturated carbocycles. The van der Waals surface area contributed by atoms with E-state index >= 15 is 0 Å². The maximum Gasteiger partial charge on any atom is 0.224 e. The minimum atomic E-state index is -0.438. The van der Waals surface area contributed by atoms with Gasteiger partial charge in [0.1, 0.15) is 11.0 Å². The van der Waals surface area contributed by atoms with Gasteiger partial charge < -0.3 is 4.74 Å². The van der Waals surface area contributed by atoms with E-state index in [9.17, 15) is 4.39 Å². The monoisotopic (exact) mass is 280 g/mol. The van der Waals surface area contributed by atoms with Crippen LogP contribution in [-0.4, -0.2) is 9.97 Å². The van der Waals surface area contributed by atoms with E-state index < -0.39 is 5.82 Å². The summed E-state index contributed by atoms with van der Waals surface area (Å²) in [6, 6.07) is 6.11. The van der Waals surface area contributed by atoms with Gasteiger partial charge in [-0.1, -0.05) is 31.5 Å². The first-order valence-electron chi connectivity index (χ1n) is 5.94. The number of aromatic nitrogens is 2. The summed E-state index contributed by atoms with van der Waals surface area (Å²) in [7, 11) is 0. The summed E-state index contributed by atoms with van der Waals surface area (Å²) in [5.41, 5.74) is 0.903. The van der Waals surface area contributed by atoms with Crippen LogP contribution < -0.4 is 4.74 Å². The lowest BCUT2D eigenvalue weighted by Crippen LogP contribution is -2.00. The molecule has 0 amide bonds. The molecule has 0 bridgehead atoms. The lowest BCUT2D eigenvalue weighted by Gasteiger charge is -2.09. The van der Waals surface area contributed by atoms with Crippen molar-refractivity contribution in [3.63, 3.8) is 0 Å². The van der Waals surface area contributed by atoms with Gasteiger partial charge in [-0.2, -0.15) is 4.98 Å². The maximum atomic E-state index is 13.6. The highest BCUT2D eigenvalue weighted by Crippen LogP contribution is 2.26. The quantitative estimate of drug-likeness (QED) is 0.777. The Hall–Kier alpha value is -1.68. The van der Waals surface area contributed by atoms with Crippen molar-refractivity contribution in [1.82, 2.24) is 9.97 Å². The Labute approximate surface area is 116 Å². The van der Waals surface area contributed by atoms with E-state index in [1.165, 1.54) is 12.1 Å². The smallest absolute Gasteiger partial charge is 0.224 e. The average molecular weight is 281 g/mol. The lowest BCUT2D eigenvalue weighted by atomic mass is 10.2. The Kier molecular flexibility index (Phi) is 4.00. The maximum absolute atomic E-state index is 13.6. The molecule has 2 aromatic rings. The zero-order chi connectivity index (χ0) is 14.0. The lowest BCUT2D eigenvalue weighted by molar-refractivity contribution is 0.423. The predicted octanol–water partition coefficient (Wildman–Crippen LogP) is 4.49. The molecule has 0 aliphatic carbocycles. The van der Waals surface area contributed by atoms with Gasteiger partial charge >= 0.3 is 0 Å². The van der Waals surface area contributed by atoms with E-state index in [0.29, 0.717) is 5.82 Å². The second-order valence-electron chi connectivity index (χ2n) is 4.58.